The average molecular weight is 243 g/mol. The second kappa shape index (κ2) is 4.82. The molecule has 1 atom stereocenters. The van der Waals surface area contributed by atoms with Crippen molar-refractivity contribution < 1.29 is 4.74 Å². The molecule has 0 bridgehead atoms. The van der Waals surface area contributed by atoms with Gasteiger partial charge >= 0.3 is 6.01 Å². The number of anilines is 1. The highest BCUT2D eigenvalue weighted by molar-refractivity contribution is 6.28. The summed E-state index contributed by atoms with van der Waals surface area (Å²) in [6.07, 6.45) is 2.37. The molecule has 0 radical (unpaired) electrons. The van der Waals surface area contributed by atoms with Gasteiger partial charge in [-0.15, -0.1) is 0 Å². The first-order valence-corrected chi connectivity index (χ1v) is 5.81. The highest BCUT2D eigenvalue weighted by Crippen LogP contribution is 2.24. The van der Waals surface area contributed by atoms with Gasteiger partial charge in [-0.2, -0.15) is 15.0 Å². The van der Waals surface area contributed by atoms with Crippen molar-refractivity contribution in [2.45, 2.75) is 19.8 Å². The average Bonchev–Trinajstić information content (AvgIpc) is 2.76. The smallest absolute Gasteiger partial charge is 0.322 e. The first kappa shape index (κ1) is 11.4. The van der Waals surface area contributed by atoms with Gasteiger partial charge in [0.15, 0.2) is 0 Å². The minimum Gasteiger partial charge on any atom is -0.467 e. The first-order chi connectivity index (χ1) is 7.72. The van der Waals surface area contributed by atoms with Gasteiger partial charge in [-0.1, -0.05) is 13.3 Å². The van der Waals surface area contributed by atoms with Gasteiger partial charge in [0.25, 0.3) is 0 Å². The fourth-order valence-electron chi connectivity index (χ4n) is 1.90. The summed E-state index contributed by atoms with van der Waals surface area (Å²) >= 11 is 5.81. The molecule has 0 saturated carbocycles. The molecule has 88 valence electrons. The van der Waals surface area contributed by atoms with Crippen molar-refractivity contribution in [3.63, 3.8) is 0 Å². The van der Waals surface area contributed by atoms with Gasteiger partial charge < -0.3 is 9.64 Å². The summed E-state index contributed by atoms with van der Waals surface area (Å²) in [4.78, 5) is 14.3. The van der Waals surface area contributed by atoms with E-state index in [1.165, 1.54) is 20.0 Å². The molecule has 2 rings (SSSR count). The highest BCUT2D eigenvalue weighted by Gasteiger charge is 2.23. The van der Waals surface area contributed by atoms with Crippen LogP contribution in [-0.4, -0.2) is 35.2 Å². The number of aromatic nitrogens is 3. The molecule has 16 heavy (non-hydrogen) atoms. The van der Waals surface area contributed by atoms with Crippen LogP contribution in [0.1, 0.15) is 19.8 Å². The molecule has 6 heteroatoms. The number of methoxy groups -OCH3 is 1. The third-order valence-electron chi connectivity index (χ3n) is 2.90. The van der Waals surface area contributed by atoms with Gasteiger partial charge in [0.1, 0.15) is 0 Å². The lowest BCUT2D eigenvalue weighted by Gasteiger charge is -2.16. The van der Waals surface area contributed by atoms with Crippen LogP contribution < -0.4 is 9.64 Å². The van der Waals surface area contributed by atoms with Gasteiger partial charge in [0, 0.05) is 13.1 Å². The first-order valence-electron chi connectivity index (χ1n) is 5.43. The van der Waals surface area contributed by atoms with Crippen LogP contribution in [0.2, 0.25) is 5.28 Å². The zero-order valence-electron chi connectivity index (χ0n) is 9.48. The van der Waals surface area contributed by atoms with E-state index in [1.807, 2.05) is 0 Å². The van der Waals surface area contributed by atoms with Crippen molar-refractivity contribution in [2.75, 3.05) is 25.1 Å². The fourth-order valence-corrected chi connectivity index (χ4v) is 2.05. The van der Waals surface area contributed by atoms with Crippen molar-refractivity contribution >= 4 is 17.5 Å². The van der Waals surface area contributed by atoms with E-state index < -0.39 is 0 Å². The third kappa shape index (κ3) is 2.35. The lowest BCUT2D eigenvalue weighted by Crippen LogP contribution is -2.22. The second-order valence-corrected chi connectivity index (χ2v) is 4.24. The maximum atomic E-state index is 5.81. The van der Waals surface area contributed by atoms with Gasteiger partial charge in [0.2, 0.25) is 11.2 Å². The van der Waals surface area contributed by atoms with E-state index in [0.717, 1.165) is 19.0 Å². The Kier molecular flexibility index (Phi) is 3.43. The molecule has 1 fully saturated rings. The molecule has 0 N–H and O–H groups in total. The topological polar surface area (TPSA) is 51.1 Å². The third-order valence-corrected chi connectivity index (χ3v) is 3.07. The Morgan fingerprint density at radius 2 is 2.25 bits per heavy atom. The standard InChI is InChI=1S/C10H15ClN4O/c1-3-7-4-5-15(6-7)9-12-8(11)13-10(14-9)16-2/h7H,3-6H2,1-2H3. The lowest BCUT2D eigenvalue weighted by molar-refractivity contribution is 0.378. The molecule has 1 saturated heterocycles. The van der Waals surface area contributed by atoms with Gasteiger partial charge in [-0.25, -0.2) is 0 Å². The molecule has 0 aromatic carbocycles. The van der Waals surface area contributed by atoms with Crippen molar-refractivity contribution in [2.24, 2.45) is 5.92 Å². The molecule has 1 unspecified atom stereocenters. The Labute approximate surface area is 99.8 Å². The second-order valence-electron chi connectivity index (χ2n) is 3.90. The molecule has 0 amide bonds. The minimum absolute atomic E-state index is 0.182. The summed E-state index contributed by atoms with van der Waals surface area (Å²) in [5.74, 6) is 1.34. The zero-order valence-corrected chi connectivity index (χ0v) is 10.2. The Hall–Kier alpha value is -1.10. The molecule has 1 aliphatic rings. The largest absolute Gasteiger partial charge is 0.467 e. The fraction of sp³-hybridized carbons (Fsp3) is 0.700. The Balaban J connectivity index is 2.17. The number of ether oxygens (including phenoxy) is 1. The normalized spacial score (nSPS) is 20.2. The molecule has 5 nitrogen and oxygen atoms in total. The number of nitrogens with zero attached hydrogens (tertiary/aromatic N) is 4. The Morgan fingerprint density at radius 3 is 2.88 bits per heavy atom. The maximum Gasteiger partial charge on any atom is 0.322 e. The van der Waals surface area contributed by atoms with Gasteiger partial charge in [-0.3, -0.25) is 0 Å². The van der Waals surface area contributed by atoms with Crippen LogP contribution in [0, 0.1) is 5.92 Å². The lowest BCUT2D eigenvalue weighted by atomic mass is 10.1. The summed E-state index contributed by atoms with van der Waals surface area (Å²) in [6.45, 7) is 4.16. The van der Waals surface area contributed by atoms with Gasteiger partial charge in [-0.05, 0) is 23.9 Å². The highest BCUT2D eigenvalue weighted by atomic mass is 35.5. The number of rotatable bonds is 3. The van der Waals surface area contributed by atoms with Crippen LogP contribution in [-0.2, 0) is 0 Å². The van der Waals surface area contributed by atoms with E-state index in [1.54, 1.807) is 0 Å². The SMILES string of the molecule is CCC1CCN(c2nc(Cl)nc(OC)n2)C1. The van der Waals surface area contributed by atoms with E-state index in [4.69, 9.17) is 16.3 Å². The summed E-state index contributed by atoms with van der Waals surface area (Å²) < 4.78 is 4.98. The van der Waals surface area contributed by atoms with E-state index in [0.29, 0.717) is 5.95 Å². The molecule has 0 spiro atoms. The van der Waals surface area contributed by atoms with Crippen LogP contribution in [0.15, 0.2) is 0 Å². The molecule has 1 aromatic rings. The molecular formula is C10H15ClN4O. The summed E-state index contributed by atoms with van der Waals surface area (Å²) in [5.41, 5.74) is 0. The molecule has 2 heterocycles. The van der Waals surface area contributed by atoms with Crippen molar-refractivity contribution in [1.82, 2.24) is 15.0 Å². The van der Waals surface area contributed by atoms with Crippen LogP contribution in [0.25, 0.3) is 0 Å². The monoisotopic (exact) mass is 242 g/mol. The predicted octanol–water partition coefficient (Wildman–Crippen LogP) is 1.77. The van der Waals surface area contributed by atoms with Crippen LogP contribution in [0.5, 0.6) is 6.01 Å². The molecule has 1 aliphatic heterocycles. The van der Waals surface area contributed by atoms with Crippen molar-refractivity contribution in [1.29, 1.82) is 0 Å². The molecular weight excluding hydrogens is 228 g/mol. The predicted molar refractivity (Wildman–Crippen MR) is 62.0 cm³/mol. The van der Waals surface area contributed by atoms with E-state index >= 15 is 0 Å². The number of hydrogen-bond donors (Lipinski definition) is 0. The van der Waals surface area contributed by atoms with E-state index in [-0.39, 0.29) is 11.3 Å². The number of halogens is 1. The van der Waals surface area contributed by atoms with Crippen molar-refractivity contribution in [3.05, 3.63) is 5.28 Å². The van der Waals surface area contributed by atoms with Gasteiger partial charge in [0.05, 0.1) is 7.11 Å². The van der Waals surface area contributed by atoms with E-state index in [2.05, 4.69) is 26.8 Å². The quantitative estimate of drug-likeness (QED) is 0.809. The van der Waals surface area contributed by atoms with E-state index in [9.17, 15) is 0 Å². The summed E-state index contributed by atoms with van der Waals surface area (Å²) in [6, 6.07) is 0.273. The minimum atomic E-state index is 0.182. The summed E-state index contributed by atoms with van der Waals surface area (Å²) in [5, 5.41) is 0.182. The Bertz CT molecular complexity index is 374. The number of hydrogen-bond acceptors (Lipinski definition) is 5. The summed E-state index contributed by atoms with van der Waals surface area (Å²) in [7, 11) is 1.52. The molecule has 0 aliphatic carbocycles. The van der Waals surface area contributed by atoms with Crippen LogP contribution in [0.4, 0.5) is 5.95 Å². The van der Waals surface area contributed by atoms with Crippen LogP contribution >= 0.6 is 11.6 Å². The van der Waals surface area contributed by atoms with Crippen molar-refractivity contribution in [3.8, 4) is 6.01 Å². The molecule has 1 aromatic heterocycles. The van der Waals surface area contributed by atoms with Crippen LogP contribution in [0.3, 0.4) is 0 Å². The maximum absolute atomic E-state index is 5.81. The zero-order chi connectivity index (χ0) is 11.5. The Morgan fingerprint density at radius 1 is 1.44 bits per heavy atom.